The van der Waals surface area contributed by atoms with Crippen LogP contribution in [0.25, 0.3) is 44.8 Å². The van der Waals surface area contributed by atoms with E-state index in [-0.39, 0.29) is 23.7 Å². The third-order valence-electron chi connectivity index (χ3n) is 8.59. The number of nitrogens with zero attached hydrogens (tertiary/aromatic N) is 2. The Morgan fingerprint density at radius 2 is 1.00 bits per heavy atom. The second-order valence-corrected chi connectivity index (χ2v) is 13.3. The zero-order chi connectivity index (χ0) is 40.1. The van der Waals surface area contributed by atoms with Crippen LogP contribution in [0.2, 0.25) is 10.0 Å². The molecule has 0 unspecified atom stereocenters. The number of rotatable bonds is 11. The van der Waals surface area contributed by atoms with Crippen LogP contribution in [-0.4, -0.2) is 40.2 Å². The Morgan fingerprint density at radius 1 is 0.526 bits per heavy atom. The molecule has 0 amide bonds. The number of carbonyl (C=O) groups excluding carboxylic acids is 2. The quantitative estimate of drug-likeness (QED) is 0.129. The maximum Gasteiger partial charge on any atom is 0.356 e. The van der Waals surface area contributed by atoms with Gasteiger partial charge in [0.2, 0.25) is 0 Å². The lowest BCUT2D eigenvalue weighted by Crippen LogP contribution is -2.07. The minimum Gasteiger partial charge on any atom is -0.507 e. The summed E-state index contributed by atoms with van der Waals surface area (Å²) in [4.78, 5) is 33.1. The number of phenolic OH excluding ortho intramolecular Hbond substituents is 1. The standard InChI is InChI=1S/C27H22ClNO3.C20H16ClNO3/c1-2-31-27(30)25-14-8-13-24(29-25)22-12-7-6-11-21(22)23-17-20(28)15-16-26(23)32-18-19-9-4-3-5-10-19;1-2-25-20(24)18-9-5-8-17(22-18)15-7-4-3-6-14(15)16-12-13(21)10-11-19(16)23/h3-17H,2,18H2,1H3;3-12,23H,2H2,1H3. The van der Waals surface area contributed by atoms with Crippen molar-refractivity contribution in [3.63, 3.8) is 0 Å². The van der Waals surface area contributed by atoms with E-state index in [9.17, 15) is 14.7 Å². The number of phenols is 1. The molecule has 0 radical (unpaired) electrons. The summed E-state index contributed by atoms with van der Waals surface area (Å²) in [5.41, 5.74) is 7.65. The first-order valence-corrected chi connectivity index (χ1v) is 18.9. The number of pyridine rings is 2. The molecular formula is C47H38Cl2N2O6. The molecule has 0 atom stereocenters. The normalized spacial score (nSPS) is 10.5. The van der Waals surface area contributed by atoms with E-state index in [1.165, 1.54) is 0 Å². The molecule has 0 aliphatic rings. The first kappa shape index (κ1) is 40.2. The Hall–Kier alpha value is -6.48. The zero-order valence-electron chi connectivity index (χ0n) is 31.2. The van der Waals surface area contributed by atoms with E-state index in [1.54, 1.807) is 56.3 Å². The van der Waals surface area contributed by atoms with Crippen LogP contribution < -0.4 is 4.74 Å². The van der Waals surface area contributed by atoms with Gasteiger partial charge in [-0.3, -0.25) is 0 Å². The summed E-state index contributed by atoms with van der Waals surface area (Å²) in [6.07, 6.45) is 0. The van der Waals surface area contributed by atoms with E-state index in [1.807, 2.05) is 109 Å². The fourth-order valence-electron chi connectivity index (χ4n) is 5.99. The van der Waals surface area contributed by atoms with Crippen LogP contribution in [0.3, 0.4) is 0 Å². The van der Waals surface area contributed by atoms with Gasteiger partial charge in [-0.15, -0.1) is 0 Å². The SMILES string of the molecule is CCOC(=O)c1cccc(-c2ccccc2-c2cc(Cl)ccc2O)n1.CCOC(=O)c1cccc(-c2ccccc2-c2cc(Cl)ccc2OCc2ccccc2)n1. The predicted octanol–water partition coefficient (Wildman–Crippen LogP) is 11.8. The van der Waals surface area contributed by atoms with Crippen LogP contribution in [0.1, 0.15) is 40.4 Å². The molecule has 57 heavy (non-hydrogen) atoms. The number of carbonyl (C=O) groups is 2. The largest absolute Gasteiger partial charge is 0.507 e. The highest BCUT2D eigenvalue weighted by atomic mass is 35.5. The number of ether oxygens (including phenoxy) is 3. The molecule has 0 spiro atoms. The van der Waals surface area contributed by atoms with Crippen molar-refractivity contribution in [2.45, 2.75) is 20.5 Å². The monoisotopic (exact) mass is 796 g/mol. The second kappa shape index (κ2) is 19.4. The number of hydrogen-bond acceptors (Lipinski definition) is 8. The fourth-order valence-corrected chi connectivity index (χ4v) is 6.33. The molecule has 0 aliphatic carbocycles. The van der Waals surface area contributed by atoms with Gasteiger partial charge in [0.1, 0.15) is 29.5 Å². The molecule has 5 aromatic carbocycles. The molecule has 7 aromatic rings. The molecule has 10 heteroatoms. The Kier molecular flexibility index (Phi) is 13.7. The highest BCUT2D eigenvalue weighted by Gasteiger charge is 2.17. The van der Waals surface area contributed by atoms with E-state index >= 15 is 0 Å². The van der Waals surface area contributed by atoms with Gasteiger partial charge in [0.15, 0.2) is 0 Å². The van der Waals surface area contributed by atoms with Gasteiger partial charge in [0.05, 0.1) is 24.6 Å². The van der Waals surface area contributed by atoms with Crippen LogP contribution in [0.4, 0.5) is 0 Å². The second-order valence-electron chi connectivity index (χ2n) is 12.4. The van der Waals surface area contributed by atoms with E-state index in [4.69, 9.17) is 37.4 Å². The Bertz CT molecular complexity index is 2490. The Labute approximate surface area is 341 Å². The van der Waals surface area contributed by atoms with Gasteiger partial charge in [-0.1, -0.05) is 114 Å². The summed E-state index contributed by atoms with van der Waals surface area (Å²) < 4.78 is 16.3. The maximum atomic E-state index is 12.2. The summed E-state index contributed by atoms with van der Waals surface area (Å²) >= 11 is 12.4. The van der Waals surface area contributed by atoms with Crippen molar-refractivity contribution in [3.8, 4) is 56.3 Å². The molecule has 2 aromatic heterocycles. The molecule has 1 N–H and O–H groups in total. The molecule has 0 bridgehead atoms. The van der Waals surface area contributed by atoms with Crippen LogP contribution in [0, 0.1) is 0 Å². The van der Waals surface area contributed by atoms with Crippen LogP contribution in [0.15, 0.2) is 152 Å². The molecule has 0 fully saturated rings. The number of benzene rings is 5. The predicted molar refractivity (Wildman–Crippen MR) is 225 cm³/mol. The molecule has 0 saturated carbocycles. The van der Waals surface area contributed by atoms with Gasteiger partial charge in [0, 0.05) is 32.3 Å². The van der Waals surface area contributed by atoms with Crippen LogP contribution in [-0.2, 0) is 16.1 Å². The topological polar surface area (TPSA) is 108 Å². The van der Waals surface area contributed by atoms with Crippen molar-refractivity contribution >= 4 is 35.1 Å². The third kappa shape index (κ3) is 10.2. The lowest BCUT2D eigenvalue weighted by Gasteiger charge is -2.15. The number of aromatic hydroxyl groups is 1. The van der Waals surface area contributed by atoms with E-state index in [2.05, 4.69) is 9.97 Å². The molecule has 286 valence electrons. The molecule has 0 aliphatic heterocycles. The first-order chi connectivity index (χ1) is 27.7. The minimum atomic E-state index is -0.465. The van der Waals surface area contributed by atoms with Crippen molar-refractivity contribution in [1.82, 2.24) is 9.97 Å². The zero-order valence-corrected chi connectivity index (χ0v) is 32.7. The number of halogens is 2. The molecule has 0 saturated heterocycles. The van der Waals surface area contributed by atoms with Crippen LogP contribution >= 0.6 is 23.2 Å². The van der Waals surface area contributed by atoms with Crippen molar-refractivity contribution < 1.29 is 28.9 Å². The van der Waals surface area contributed by atoms with Gasteiger partial charge in [-0.25, -0.2) is 19.6 Å². The van der Waals surface area contributed by atoms with Crippen molar-refractivity contribution in [3.05, 3.63) is 179 Å². The summed E-state index contributed by atoms with van der Waals surface area (Å²) in [7, 11) is 0. The highest BCUT2D eigenvalue weighted by Crippen LogP contribution is 2.39. The van der Waals surface area contributed by atoms with Gasteiger partial charge in [-0.05, 0) is 91.2 Å². The third-order valence-corrected chi connectivity index (χ3v) is 9.06. The Balaban J connectivity index is 0.000000199. The van der Waals surface area contributed by atoms with Gasteiger partial charge in [-0.2, -0.15) is 0 Å². The molecule has 7 rings (SSSR count). The summed E-state index contributed by atoms with van der Waals surface area (Å²) in [6.45, 7) is 4.55. The number of hydrogen-bond donors (Lipinski definition) is 1. The molecular weight excluding hydrogens is 759 g/mol. The summed E-state index contributed by atoms with van der Waals surface area (Å²) in [6, 6.07) is 46.3. The van der Waals surface area contributed by atoms with Crippen molar-refractivity contribution in [2.24, 2.45) is 0 Å². The first-order valence-electron chi connectivity index (χ1n) is 18.2. The minimum absolute atomic E-state index is 0.124. The number of esters is 2. The molecule has 8 nitrogen and oxygen atoms in total. The summed E-state index contributed by atoms with van der Waals surface area (Å²) in [5, 5.41) is 11.3. The molecule has 2 heterocycles. The smallest absolute Gasteiger partial charge is 0.356 e. The van der Waals surface area contributed by atoms with E-state index in [0.29, 0.717) is 46.0 Å². The average molecular weight is 798 g/mol. The summed E-state index contributed by atoms with van der Waals surface area (Å²) in [5.74, 6) is -0.0699. The number of aromatic nitrogens is 2. The van der Waals surface area contributed by atoms with Gasteiger partial charge >= 0.3 is 11.9 Å². The van der Waals surface area contributed by atoms with Gasteiger partial charge in [0.25, 0.3) is 0 Å². The highest BCUT2D eigenvalue weighted by molar-refractivity contribution is 6.31. The van der Waals surface area contributed by atoms with E-state index in [0.717, 1.165) is 33.4 Å². The van der Waals surface area contributed by atoms with E-state index < -0.39 is 11.9 Å². The van der Waals surface area contributed by atoms with Crippen molar-refractivity contribution in [1.29, 1.82) is 0 Å². The lowest BCUT2D eigenvalue weighted by molar-refractivity contribution is 0.0510. The average Bonchev–Trinajstić information content (AvgIpc) is 3.25. The van der Waals surface area contributed by atoms with Crippen molar-refractivity contribution in [2.75, 3.05) is 13.2 Å². The van der Waals surface area contributed by atoms with Crippen LogP contribution in [0.5, 0.6) is 11.5 Å². The Morgan fingerprint density at radius 3 is 1.54 bits per heavy atom. The van der Waals surface area contributed by atoms with Gasteiger partial charge < -0.3 is 19.3 Å². The lowest BCUT2D eigenvalue weighted by atomic mass is 9.96. The fraction of sp³-hybridized carbons (Fsp3) is 0.106. The maximum absolute atomic E-state index is 12.2.